The van der Waals surface area contributed by atoms with Crippen LogP contribution in [0.25, 0.3) is 241 Å². The minimum absolute atomic E-state index is 0.0144. The number of rotatable bonds is 7. The van der Waals surface area contributed by atoms with Gasteiger partial charge in [-0.05, 0) is 210 Å². The molecule has 1 aliphatic rings. The zero-order valence-electron chi connectivity index (χ0n) is 84.6. The van der Waals surface area contributed by atoms with Crippen LogP contribution in [0.15, 0.2) is 461 Å². The van der Waals surface area contributed by atoms with Gasteiger partial charge in [-0.3, -0.25) is 0 Å². The second-order valence-corrected chi connectivity index (χ2v) is 38.5. The lowest BCUT2D eigenvalue weighted by Gasteiger charge is -2.22. The third-order valence-electron chi connectivity index (χ3n) is 27.4. The molecule has 708 valence electrons. The third-order valence-corrected chi connectivity index (χ3v) is 28.4. The number of fused-ring (bicyclic) bond motifs is 22. The Morgan fingerprint density at radius 2 is 0.483 bits per heavy atom. The Balaban J connectivity index is 0.0000000982. The van der Waals surface area contributed by atoms with Gasteiger partial charge >= 0.3 is 0 Å². The van der Waals surface area contributed by atoms with Crippen LogP contribution >= 0.6 is 69.6 Å². The minimum Gasteiger partial charge on any atom is -0.218 e. The van der Waals surface area contributed by atoms with E-state index < -0.39 is 18.1 Å². The first-order valence-electron chi connectivity index (χ1n) is 50.8. The van der Waals surface area contributed by atoms with Crippen LogP contribution in [0.4, 0.5) is 0 Å². The summed E-state index contributed by atoms with van der Waals surface area (Å²) in [7, 11) is 0. The fourth-order valence-electron chi connectivity index (χ4n) is 20.5. The molecule has 0 N–H and O–H groups in total. The molecule has 0 aliphatic heterocycles. The van der Waals surface area contributed by atoms with Crippen molar-refractivity contribution in [3.05, 3.63) is 504 Å². The molecule has 0 spiro atoms. The van der Waals surface area contributed by atoms with Crippen LogP contribution in [0, 0.1) is 0 Å². The van der Waals surface area contributed by atoms with Gasteiger partial charge in [0.25, 0.3) is 0 Å². The highest BCUT2D eigenvalue weighted by atomic mass is 35.5. The number of hydrogen-bond donors (Lipinski definition) is 0. The number of para-hydroxylation sites is 1. The number of benzene rings is 22. The van der Waals surface area contributed by atoms with Crippen LogP contribution in [-0.2, 0) is 5.41 Å². The van der Waals surface area contributed by atoms with E-state index in [9.17, 15) is 0 Å². The fourth-order valence-corrected chi connectivity index (χ4v) is 21.5. The first-order chi connectivity index (χ1) is 75.2. The van der Waals surface area contributed by atoms with Crippen molar-refractivity contribution >= 4 is 221 Å². The summed E-state index contributed by atoms with van der Waals surface area (Å²) < 4.78 is 40.0. The average molecular weight is 2040 g/mol. The summed E-state index contributed by atoms with van der Waals surface area (Å²) >= 11 is 37.4. The van der Waals surface area contributed by atoms with Gasteiger partial charge in [0.05, 0.1) is 74.1 Å². The molecule has 0 amide bonds. The SMILES string of the molecule is CC1(C)c2ccccc2-c2ccc(-c3nc(Cl)nc4ccc5ccccc5c34)cc21.Clc1nc(-c2ccc(-c3cccc4ccccc34)cc2)c2ccc3ccccc3c2n1.Clc1nc(-c2cccc3ccccc23)c2ccc3ccccc3c2n1.Clc1nc(-c2cccc3ccccc23)c2ccccc2n1.Clc1nc(-c2ccccc2)c2ccc3ccccc3c2n1.[2H]c1c([2H])c([2H])c(-c2nc(Cl)nc3c2ccc2ccccc23)c([2H])c1[2H]. The molecule has 0 unspecified atom stereocenters. The monoisotopic (exact) mass is 2040 g/mol. The standard InChI is InChI=1S/C28H17ClN2.C27H19ClN2.C22H13ClN2.3C18H11ClN2/c29-28-30-26(25-17-16-19-7-2-4-10-24(19)27(25)31-28)21-14-12-20(13-15-21)23-11-5-8-18-6-1-3-9-22(18)23;1-27(2)21-10-6-5-9-19(21)20-13-11-17(15-22(20)27)25-24-18-8-4-3-7-16(18)12-14-23(24)29-26(28)30-25;23-22-24-20-17-10-4-2-7-15(17)12-13-19(20)21(25-22)18-11-5-8-14-6-1-3-9-16(14)18;19-18-20-16-11-4-3-9-15(16)17(21-18)14-10-5-7-12-6-1-2-8-13(12)14;2*19-18-20-16(13-7-2-1-3-8-13)15-11-10-12-6-4-5-9-14(12)17(15)21-18/h1-17H;3-15H,1-2H3;1-13H;3*1-11H/i;;;;1D,2D,3D,7D,8D;. The van der Waals surface area contributed by atoms with Crippen molar-refractivity contribution in [2.45, 2.75) is 19.3 Å². The Morgan fingerprint density at radius 1 is 0.181 bits per heavy atom. The molecule has 29 rings (SSSR count). The van der Waals surface area contributed by atoms with Crippen molar-refractivity contribution in [1.82, 2.24) is 59.8 Å². The molecular formula is C131H82Cl6N12. The van der Waals surface area contributed by atoms with E-state index in [2.05, 4.69) is 336 Å². The summed E-state index contributed by atoms with van der Waals surface area (Å²) in [4.78, 5) is 53.6. The Labute approximate surface area is 893 Å². The molecule has 0 atom stereocenters. The molecule has 22 aromatic carbocycles. The maximum atomic E-state index is 8.21. The number of halogens is 6. The molecule has 149 heavy (non-hydrogen) atoms. The lowest BCUT2D eigenvalue weighted by atomic mass is 9.81. The summed E-state index contributed by atoms with van der Waals surface area (Å²) in [5, 5.41) is 25.0. The highest BCUT2D eigenvalue weighted by Gasteiger charge is 2.36. The van der Waals surface area contributed by atoms with E-state index in [1.165, 1.54) is 65.7 Å². The summed E-state index contributed by atoms with van der Waals surface area (Å²) in [5.74, 6) is 0. The van der Waals surface area contributed by atoms with Crippen molar-refractivity contribution in [3.8, 4) is 89.8 Å². The second kappa shape index (κ2) is 40.6. The summed E-state index contributed by atoms with van der Waals surface area (Å²) in [5.41, 5.74) is 22.5. The summed E-state index contributed by atoms with van der Waals surface area (Å²) in [6.45, 7) is 4.59. The smallest absolute Gasteiger partial charge is 0.218 e. The second-order valence-electron chi connectivity index (χ2n) is 36.4. The molecule has 0 fully saturated rings. The normalized spacial score (nSPS) is 12.3. The van der Waals surface area contributed by atoms with Gasteiger partial charge in [0.1, 0.15) is 0 Å². The largest absolute Gasteiger partial charge is 0.223 e. The Morgan fingerprint density at radius 3 is 0.960 bits per heavy atom. The first-order valence-corrected chi connectivity index (χ1v) is 50.5. The van der Waals surface area contributed by atoms with E-state index >= 15 is 0 Å². The first kappa shape index (κ1) is 88.2. The molecule has 1 aliphatic carbocycles. The Kier molecular flexibility index (Phi) is 24.0. The topological polar surface area (TPSA) is 155 Å². The molecule has 0 radical (unpaired) electrons. The predicted octanol–water partition coefficient (Wildman–Crippen LogP) is 36.9. The van der Waals surface area contributed by atoms with Gasteiger partial charge in [0.2, 0.25) is 31.7 Å². The van der Waals surface area contributed by atoms with Crippen molar-refractivity contribution in [2.75, 3.05) is 0 Å². The minimum atomic E-state index is -0.446. The van der Waals surface area contributed by atoms with Crippen LogP contribution in [0.5, 0.6) is 0 Å². The average Bonchev–Trinajstić information content (AvgIpc) is 1.56. The Hall–Kier alpha value is -17.3. The van der Waals surface area contributed by atoms with E-state index in [0.29, 0.717) is 10.9 Å². The lowest BCUT2D eigenvalue weighted by Crippen LogP contribution is -2.14. The molecule has 6 aromatic heterocycles. The van der Waals surface area contributed by atoms with Gasteiger partial charge < -0.3 is 0 Å². The van der Waals surface area contributed by atoms with Crippen LogP contribution in [0.3, 0.4) is 0 Å². The summed E-state index contributed by atoms with van der Waals surface area (Å²) in [6.07, 6.45) is 0. The van der Waals surface area contributed by atoms with Gasteiger partial charge in [-0.15, -0.1) is 0 Å². The van der Waals surface area contributed by atoms with Crippen molar-refractivity contribution in [1.29, 1.82) is 0 Å². The molecule has 18 heteroatoms. The molecule has 12 nitrogen and oxygen atoms in total. The van der Waals surface area contributed by atoms with Crippen LogP contribution in [0.1, 0.15) is 31.8 Å². The number of hydrogen-bond acceptors (Lipinski definition) is 12. The van der Waals surface area contributed by atoms with Gasteiger partial charge in [0.15, 0.2) is 0 Å². The highest BCUT2D eigenvalue weighted by Crippen LogP contribution is 2.51. The predicted molar refractivity (Wildman–Crippen MR) is 623 cm³/mol. The van der Waals surface area contributed by atoms with Crippen LogP contribution in [-0.4, -0.2) is 59.8 Å². The Bertz CT molecular complexity index is 10500. The maximum Gasteiger partial charge on any atom is 0.223 e. The zero-order chi connectivity index (χ0) is 105. The van der Waals surface area contributed by atoms with Crippen LogP contribution in [0.2, 0.25) is 31.7 Å². The summed E-state index contributed by atoms with van der Waals surface area (Å²) in [6, 6.07) is 145. The van der Waals surface area contributed by atoms with E-state index in [0.717, 1.165) is 165 Å². The molecule has 28 aromatic rings. The van der Waals surface area contributed by atoms with Gasteiger partial charge in [0, 0.05) is 92.7 Å². The fraction of sp³-hybridized carbons (Fsp3) is 0.0229. The third kappa shape index (κ3) is 18.4. The number of nitrogens with zero attached hydrogens (tertiary/aromatic N) is 12. The molecule has 0 saturated heterocycles. The van der Waals surface area contributed by atoms with Gasteiger partial charge in [-0.25, -0.2) is 59.8 Å². The van der Waals surface area contributed by atoms with Gasteiger partial charge in [-0.2, -0.15) is 0 Å². The lowest BCUT2D eigenvalue weighted by molar-refractivity contribution is 0.660. The van der Waals surface area contributed by atoms with Crippen molar-refractivity contribution in [2.24, 2.45) is 0 Å². The van der Waals surface area contributed by atoms with E-state index in [-0.39, 0.29) is 60.5 Å². The van der Waals surface area contributed by atoms with E-state index in [1.54, 1.807) is 6.07 Å². The van der Waals surface area contributed by atoms with E-state index in [4.69, 9.17) is 81.4 Å². The molecular weight excluding hydrogens is 1950 g/mol. The van der Waals surface area contributed by atoms with Crippen LogP contribution < -0.4 is 0 Å². The number of aromatic nitrogens is 12. The quantitative estimate of drug-likeness (QED) is 0.110. The molecule has 0 bridgehead atoms. The van der Waals surface area contributed by atoms with Crippen molar-refractivity contribution in [3.63, 3.8) is 0 Å². The maximum absolute atomic E-state index is 8.21. The zero-order valence-corrected chi connectivity index (χ0v) is 84.2. The van der Waals surface area contributed by atoms with Crippen molar-refractivity contribution < 1.29 is 6.85 Å². The highest BCUT2D eigenvalue weighted by molar-refractivity contribution is 6.32. The molecule has 6 heterocycles. The van der Waals surface area contributed by atoms with E-state index in [1.807, 2.05) is 158 Å². The molecule has 0 saturated carbocycles. The van der Waals surface area contributed by atoms with Gasteiger partial charge in [-0.1, -0.05) is 432 Å².